The summed E-state index contributed by atoms with van der Waals surface area (Å²) < 4.78 is 5.17. The first kappa shape index (κ1) is 20.1. The zero-order valence-electron chi connectivity index (χ0n) is 16.3. The van der Waals surface area contributed by atoms with E-state index in [2.05, 4.69) is 23.3 Å². The number of rotatable bonds is 6. The Kier molecular flexibility index (Phi) is 6.49. The Bertz CT molecular complexity index is 976. The van der Waals surface area contributed by atoms with Crippen LogP contribution in [0.15, 0.2) is 48.5 Å². The highest BCUT2D eigenvalue weighted by atomic mass is 35.5. The zero-order valence-corrected chi connectivity index (χ0v) is 17.1. The smallest absolute Gasteiger partial charge is 0.322 e. The number of amides is 2. The van der Waals surface area contributed by atoms with Crippen LogP contribution in [0.3, 0.4) is 0 Å². The molecule has 3 rings (SSSR count). The minimum Gasteiger partial charge on any atom is -0.383 e. The molecule has 5 nitrogen and oxygen atoms in total. The molecule has 28 heavy (non-hydrogen) atoms. The largest absolute Gasteiger partial charge is 0.383 e. The lowest BCUT2D eigenvalue weighted by molar-refractivity contribution is 0.153. The molecule has 0 saturated carbocycles. The van der Waals surface area contributed by atoms with Crippen molar-refractivity contribution < 1.29 is 9.53 Å². The normalized spacial score (nSPS) is 10.9. The van der Waals surface area contributed by atoms with E-state index < -0.39 is 0 Å². The van der Waals surface area contributed by atoms with E-state index in [1.54, 1.807) is 12.0 Å². The first-order chi connectivity index (χ1) is 13.5. The summed E-state index contributed by atoms with van der Waals surface area (Å²) in [5.41, 5.74) is 4.73. The Labute approximate surface area is 170 Å². The molecular formula is C22H24ClN3O2. The van der Waals surface area contributed by atoms with Gasteiger partial charge in [0.15, 0.2) is 0 Å². The Morgan fingerprint density at radius 1 is 1.18 bits per heavy atom. The van der Waals surface area contributed by atoms with Crippen LogP contribution in [0.25, 0.3) is 10.9 Å². The van der Waals surface area contributed by atoms with Crippen molar-refractivity contribution >= 4 is 34.2 Å². The van der Waals surface area contributed by atoms with Gasteiger partial charge < -0.3 is 15.0 Å². The molecule has 0 aliphatic carbocycles. The van der Waals surface area contributed by atoms with Gasteiger partial charge in [-0.1, -0.05) is 41.9 Å². The third-order valence-electron chi connectivity index (χ3n) is 4.78. The molecule has 146 valence electrons. The average Bonchev–Trinajstić information content (AvgIpc) is 2.69. The molecule has 0 fully saturated rings. The van der Waals surface area contributed by atoms with E-state index in [0.29, 0.717) is 24.8 Å². The molecule has 0 radical (unpaired) electrons. The number of aromatic nitrogens is 1. The van der Waals surface area contributed by atoms with E-state index in [-0.39, 0.29) is 6.03 Å². The summed E-state index contributed by atoms with van der Waals surface area (Å²) in [4.78, 5) is 19.1. The molecule has 0 unspecified atom stereocenters. The number of aryl methyl sites for hydroxylation is 2. The van der Waals surface area contributed by atoms with Crippen molar-refractivity contribution in [3.05, 3.63) is 70.4 Å². The number of hydrogen-bond acceptors (Lipinski definition) is 3. The first-order valence-corrected chi connectivity index (χ1v) is 9.52. The molecule has 1 heterocycles. The van der Waals surface area contributed by atoms with E-state index in [0.717, 1.165) is 27.7 Å². The van der Waals surface area contributed by atoms with Crippen LogP contribution >= 0.6 is 11.6 Å². The SMILES string of the molecule is COCCN(Cc1cc2ccc(C)c(C)c2nc1Cl)C(=O)Nc1ccccc1. The lowest BCUT2D eigenvalue weighted by Crippen LogP contribution is -2.37. The molecule has 0 aliphatic heterocycles. The van der Waals surface area contributed by atoms with Crippen molar-refractivity contribution in [2.24, 2.45) is 0 Å². The predicted molar refractivity (Wildman–Crippen MR) is 114 cm³/mol. The topological polar surface area (TPSA) is 54.5 Å². The van der Waals surface area contributed by atoms with Crippen LogP contribution in [0.1, 0.15) is 16.7 Å². The second kappa shape index (κ2) is 9.04. The monoisotopic (exact) mass is 397 g/mol. The fourth-order valence-corrected chi connectivity index (χ4v) is 3.20. The molecule has 0 spiro atoms. The van der Waals surface area contributed by atoms with Crippen molar-refractivity contribution in [1.29, 1.82) is 0 Å². The second-order valence-corrected chi connectivity index (χ2v) is 7.09. The van der Waals surface area contributed by atoms with Gasteiger partial charge in [-0.25, -0.2) is 9.78 Å². The van der Waals surface area contributed by atoms with Crippen LogP contribution in [0.5, 0.6) is 0 Å². The van der Waals surface area contributed by atoms with Crippen LogP contribution in [-0.2, 0) is 11.3 Å². The van der Waals surface area contributed by atoms with E-state index in [9.17, 15) is 4.79 Å². The Balaban J connectivity index is 1.86. The van der Waals surface area contributed by atoms with Gasteiger partial charge in [-0.05, 0) is 43.2 Å². The Morgan fingerprint density at radius 2 is 1.93 bits per heavy atom. The molecule has 6 heteroatoms. The van der Waals surface area contributed by atoms with Crippen LogP contribution < -0.4 is 5.32 Å². The maximum absolute atomic E-state index is 12.8. The number of para-hydroxylation sites is 1. The summed E-state index contributed by atoms with van der Waals surface area (Å²) in [6.07, 6.45) is 0. The summed E-state index contributed by atoms with van der Waals surface area (Å²) in [6, 6.07) is 15.3. The number of methoxy groups -OCH3 is 1. The van der Waals surface area contributed by atoms with Crippen molar-refractivity contribution in [3.63, 3.8) is 0 Å². The van der Waals surface area contributed by atoms with Crippen LogP contribution in [0, 0.1) is 13.8 Å². The van der Waals surface area contributed by atoms with Crippen LogP contribution in [-0.4, -0.2) is 36.2 Å². The average molecular weight is 398 g/mol. The number of benzene rings is 2. The molecular weight excluding hydrogens is 374 g/mol. The molecule has 3 aromatic rings. The van der Waals surface area contributed by atoms with Crippen LogP contribution in [0.4, 0.5) is 10.5 Å². The minimum absolute atomic E-state index is 0.209. The number of anilines is 1. The summed E-state index contributed by atoms with van der Waals surface area (Å²) in [5, 5.41) is 4.34. The molecule has 1 N–H and O–H groups in total. The summed E-state index contributed by atoms with van der Waals surface area (Å²) in [7, 11) is 1.61. The van der Waals surface area contributed by atoms with Gasteiger partial charge in [-0.15, -0.1) is 0 Å². The number of fused-ring (bicyclic) bond motifs is 1. The lowest BCUT2D eigenvalue weighted by Gasteiger charge is -2.23. The van der Waals surface area contributed by atoms with Gasteiger partial charge in [0.05, 0.1) is 18.7 Å². The maximum Gasteiger partial charge on any atom is 0.322 e. The number of pyridine rings is 1. The Hall–Kier alpha value is -2.63. The van der Waals surface area contributed by atoms with Crippen molar-refractivity contribution in [2.45, 2.75) is 20.4 Å². The molecule has 0 aliphatic rings. The van der Waals surface area contributed by atoms with Gasteiger partial charge in [0.2, 0.25) is 0 Å². The number of urea groups is 1. The maximum atomic E-state index is 12.8. The van der Waals surface area contributed by atoms with Gasteiger partial charge >= 0.3 is 6.03 Å². The standard InChI is InChI=1S/C22H24ClN3O2/c1-15-9-10-17-13-18(21(23)25-20(17)16(15)2)14-26(11-12-28-3)22(27)24-19-7-5-4-6-8-19/h4-10,13H,11-12,14H2,1-3H3,(H,24,27). The number of nitrogens with one attached hydrogen (secondary N) is 1. The first-order valence-electron chi connectivity index (χ1n) is 9.15. The van der Waals surface area contributed by atoms with Gasteiger partial charge in [0.1, 0.15) is 5.15 Å². The number of halogens is 1. The molecule has 0 bridgehead atoms. The summed E-state index contributed by atoms with van der Waals surface area (Å²) in [6.45, 7) is 5.31. The fourth-order valence-electron chi connectivity index (χ4n) is 3.00. The second-order valence-electron chi connectivity index (χ2n) is 6.73. The highest BCUT2D eigenvalue weighted by Crippen LogP contribution is 2.26. The number of carbonyl (C=O) groups is 1. The van der Waals surface area contributed by atoms with E-state index >= 15 is 0 Å². The minimum atomic E-state index is -0.209. The number of ether oxygens (including phenoxy) is 1. The van der Waals surface area contributed by atoms with Gasteiger partial charge in [-0.3, -0.25) is 0 Å². The van der Waals surface area contributed by atoms with E-state index in [4.69, 9.17) is 16.3 Å². The summed E-state index contributed by atoms with van der Waals surface area (Å²) in [5.74, 6) is 0. The third-order valence-corrected chi connectivity index (χ3v) is 5.10. The molecule has 2 amide bonds. The lowest BCUT2D eigenvalue weighted by atomic mass is 10.0. The van der Waals surface area contributed by atoms with E-state index in [1.807, 2.05) is 49.4 Å². The van der Waals surface area contributed by atoms with Crippen molar-refractivity contribution in [1.82, 2.24) is 9.88 Å². The number of carbonyl (C=O) groups excluding carboxylic acids is 1. The molecule has 0 atom stereocenters. The van der Waals surface area contributed by atoms with Gasteiger partial charge in [0.25, 0.3) is 0 Å². The van der Waals surface area contributed by atoms with Crippen molar-refractivity contribution in [3.8, 4) is 0 Å². The van der Waals surface area contributed by atoms with Crippen molar-refractivity contribution in [2.75, 3.05) is 25.6 Å². The predicted octanol–water partition coefficient (Wildman–Crippen LogP) is 5.19. The Morgan fingerprint density at radius 3 is 2.64 bits per heavy atom. The zero-order chi connectivity index (χ0) is 20.1. The number of nitrogens with zero attached hydrogens (tertiary/aromatic N) is 2. The van der Waals surface area contributed by atoms with E-state index in [1.165, 1.54) is 5.56 Å². The summed E-state index contributed by atoms with van der Waals surface area (Å²) >= 11 is 6.47. The van der Waals surface area contributed by atoms with Gasteiger partial charge in [-0.2, -0.15) is 0 Å². The molecule has 1 aromatic heterocycles. The number of hydrogen-bond donors (Lipinski definition) is 1. The molecule has 0 saturated heterocycles. The van der Waals surface area contributed by atoms with Crippen LogP contribution in [0.2, 0.25) is 5.15 Å². The van der Waals surface area contributed by atoms with Gasteiger partial charge in [0, 0.05) is 30.3 Å². The molecule has 2 aromatic carbocycles. The highest BCUT2D eigenvalue weighted by molar-refractivity contribution is 6.30. The third kappa shape index (κ3) is 4.61. The fraction of sp³-hybridized carbons (Fsp3) is 0.273. The highest BCUT2D eigenvalue weighted by Gasteiger charge is 2.17. The quantitative estimate of drug-likeness (QED) is 0.582.